The number of hydrogen-bond acceptors (Lipinski definition) is 5. The molecule has 0 saturated carbocycles. The Labute approximate surface area is 215 Å². The van der Waals surface area contributed by atoms with Crippen LogP contribution in [-0.2, 0) is 9.53 Å². The van der Waals surface area contributed by atoms with Crippen molar-refractivity contribution in [3.8, 4) is 5.75 Å². The summed E-state index contributed by atoms with van der Waals surface area (Å²) in [6.45, 7) is 8.74. The predicted molar refractivity (Wildman–Crippen MR) is 143 cm³/mol. The fourth-order valence-electron chi connectivity index (χ4n) is 3.99. The standard InChI is InChI=1S/C24H39N5O3.HI/c1-18(2)31-16-14-29-12-9-19(10-13-29)26-24(25-17-23(30)28(3)4)27-21-11-15-32-22-8-6-5-7-20(21)22;/h5-8,18-19,21H,9-17H2,1-4H3,(H2,25,26,27);1H. The average Bonchev–Trinajstić information content (AvgIpc) is 2.78. The normalized spacial score (nSPS) is 19.3. The number of rotatable bonds is 8. The zero-order valence-electron chi connectivity index (χ0n) is 20.4. The topological polar surface area (TPSA) is 78.4 Å². The smallest absolute Gasteiger partial charge is 0.243 e. The summed E-state index contributed by atoms with van der Waals surface area (Å²) in [5, 5.41) is 7.16. The average molecular weight is 574 g/mol. The first-order valence-electron chi connectivity index (χ1n) is 11.8. The van der Waals surface area contributed by atoms with Gasteiger partial charge in [-0.05, 0) is 32.8 Å². The number of likely N-dealkylation sites (N-methyl/N-ethyl adjacent to an activating group) is 1. The number of ether oxygens (including phenoxy) is 2. The van der Waals surface area contributed by atoms with Gasteiger partial charge in [-0.1, -0.05) is 18.2 Å². The number of piperidine rings is 1. The number of para-hydroxylation sites is 1. The van der Waals surface area contributed by atoms with E-state index in [0.29, 0.717) is 18.6 Å². The molecule has 2 N–H and O–H groups in total. The second-order valence-electron chi connectivity index (χ2n) is 9.00. The third kappa shape index (κ3) is 8.94. The number of hydrogen-bond donors (Lipinski definition) is 2. The number of guanidine groups is 1. The number of halogens is 1. The van der Waals surface area contributed by atoms with Crippen molar-refractivity contribution in [1.29, 1.82) is 0 Å². The molecule has 0 spiro atoms. The van der Waals surface area contributed by atoms with Crippen LogP contribution in [0.2, 0.25) is 0 Å². The number of carbonyl (C=O) groups excluding carboxylic acids is 1. The molecule has 8 nitrogen and oxygen atoms in total. The quantitative estimate of drug-likeness (QED) is 0.283. The van der Waals surface area contributed by atoms with Gasteiger partial charge in [-0.15, -0.1) is 24.0 Å². The van der Waals surface area contributed by atoms with E-state index in [9.17, 15) is 4.79 Å². The summed E-state index contributed by atoms with van der Waals surface area (Å²) in [6, 6.07) is 8.54. The Kier molecular flexibility index (Phi) is 11.7. The second-order valence-corrected chi connectivity index (χ2v) is 9.00. The highest BCUT2D eigenvalue weighted by Crippen LogP contribution is 2.31. The predicted octanol–water partition coefficient (Wildman–Crippen LogP) is 2.64. The largest absolute Gasteiger partial charge is 0.493 e. The maximum atomic E-state index is 12.1. The van der Waals surface area contributed by atoms with Crippen LogP contribution in [0.1, 0.15) is 44.7 Å². The van der Waals surface area contributed by atoms with Crippen molar-refractivity contribution in [2.24, 2.45) is 4.99 Å². The maximum absolute atomic E-state index is 12.1. The van der Waals surface area contributed by atoms with E-state index in [-0.39, 0.29) is 48.6 Å². The van der Waals surface area contributed by atoms with Crippen molar-refractivity contribution in [3.63, 3.8) is 0 Å². The van der Waals surface area contributed by atoms with E-state index in [2.05, 4.69) is 40.4 Å². The molecule has 2 aliphatic heterocycles. The van der Waals surface area contributed by atoms with E-state index in [1.165, 1.54) is 0 Å². The van der Waals surface area contributed by atoms with Crippen LogP contribution >= 0.6 is 24.0 Å². The number of aliphatic imine (C=N–C) groups is 1. The number of amides is 1. The molecule has 33 heavy (non-hydrogen) atoms. The first-order valence-corrected chi connectivity index (χ1v) is 11.8. The summed E-state index contributed by atoms with van der Waals surface area (Å²) in [4.78, 5) is 20.8. The van der Waals surface area contributed by atoms with Gasteiger partial charge in [0.05, 0.1) is 25.4 Å². The van der Waals surface area contributed by atoms with Crippen LogP contribution in [0.3, 0.4) is 0 Å². The van der Waals surface area contributed by atoms with Gasteiger partial charge < -0.3 is 29.9 Å². The van der Waals surface area contributed by atoms with E-state index < -0.39 is 0 Å². The highest BCUT2D eigenvalue weighted by Gasteiger charge is 2.25. The third-order valence-corrected chi connectivity index (χ3v) is 5.93. The summed E-state index contributed by atoms with van der Waals surface area (Å²) < 4.78 is 11.5. The molecule has 1 aromatic carbocycles. The Morgan fingerprint density at radius 2 is 1.94 bits per heavy atom. The molecule has 186 valence electrons. The summed E-state index contributed by atoms with van der Waals surface area (Å²) >= 11 is 0. The zero-order valence-corrected chi connectivity index (χ0v) is 22.7. The van der Waals surface area contributed by atoms with E-state index >= 15 is 0 Å². The highest BCUT2D eigenvalue weighted by molar-refractivity contribution is 14.0. The third-order valence-electron chi connectivity index (χ3n) is 5.93. The summed E-state index contributed by atoms with van der Waals surface area (Å²) in [5.74, 6) is 1.60. The van der Waals surface area contributed by atoms with Crippen molar-refractivity contribution in [1.82, 2.24) is 20.4 Å². The number of fused-ring (bicyclic) bond motifs is 1. The van der Waals surface area contributed by atoms with E-state index in [0.717, 1.165) is 56.8 Å². The lowest BCUT2D eigenvalue weighted by atomic mass is 10.0. The van der Waals surface area contributed by atoms with Crippen molar-refractivity contribution in [2.45, 2.75) is 51.3 Å². The molecule has 0 aliphatic carbocycles. The number of nitrogens with zero attached hydrogens (tertiary/aromatic N) is 3. The van der Waals surface area contributed by atoms with Crippen LogP contribution in [-0.4, -0.2) is 87.3 Å². The fraction of sp³-hybridized carbons (Fsp3) is 0.667. The maximum Gasteiger partial charge on any atom is 0.243 e. The van der Waals surface area contributed by atoms with Crippen molar-refractivity contribution >= 4 is 35.8 Å². The molecule has 1 atom stereocenters. The Hall–Kier alpha value is -1.59. The van der Waals surface area contributed by atoms with Gasteiger partial charge in [-0.25, -0.2) is 4.99 Å². The van der Waals surface area contributed by atoms with Crippen molar-refractivity contribution < 1.29 is 14.3 Å². The van der Waals surface area contributed by atoms with Gasteiger partial charge in [0, 0.05) is 51.8 Å². The minimum Gasteiger partial charge on any atom is -0.493 e. The molecule has 0 bridgehead atoms. The molecule has 0 radical (unpaired) electrons. The van der Waals surface area contributed by atoms with Gasteiger partial charge in [-0.2, -0.15) is 0 Å². The first-order chi connectivity index (χ1) is 15.4. The fourth-order valence-corrected chi connectivity index (χ4v) is 3.99. The van der Waals surface area contributed by atoms with Crippen LogP contribution in [0.15, 0.2) is 29.3 Å². The summed E-state index contributed by atoms with van der Waals surface area (Å²) in [6.07, 6.45) is 3.20. The van der Waals surface area contributed by atoms with Gasteiger partial charge in [-0.3, -0.25) is 4.79 Å². The highest BCUT2D eigenvalue weighted by atomic mass is 127. The van der Waals surface area contributed by atoms with Crippen LogP contribution in [0.5, 0.6) is 5.75 Å². The molecule has 2 aliphatic rings. The van der Waals surface area contributed by atoms with E-state index in [1.807, 2.05) is 18.2 Å². The molecule has 2 heterocycles. The monoisotopic (exact) mass is 573 g/mol. The van der Waals surface area contributed by atoms with Crippen LogP contribution in [0.25, 0.3) is 0 Å². The number of nitrogens with one attached hydrogen (secondary N) is 2. The first kappa shape index (κ1) is 27.7. The zero-order chi connectivity index (χ0) is 22.9. The molecule has 1 fully saturated rings. The van der Waals surface area contributed by atoms with Gasteiger partial charge >= 0.3 is 0 Å². The van der Waals surface area contributed by atoms with Crippen LogP contribution in [0, 0.1) is 0 Å². The van der Waals surface area contributed by atoms with Crippen molar-refractivity contribution in [2.75, 3.05) is 53.5 Å². The van der Waals surface area contributed by atoms with Crippen molar-refractivity contribution in [3.05, 3.63) is 29.8 Å². The molecule has 1 saturated heterocycles. The minimum atomic E-state index is -0.0153. The molecule has 3 rings (SSSR count). The van der Waals surface area contributed by atoms with Crippen LogP contribution < -0.4 is 15.4 Å². The lowest BCUT2D eigenvalue weighted by Crippen LogP contribution is -2.50. The van der Waals surface area contributed by atoms with Crippen LogP contribution in [0.4, 0.5) is 0 Å². The summed E-state index contributed by atoms with van der Waals surface area (Å²) in [5.41, 5.74) is 1.13. The molecule has 9 heteroatoms. The van der Waals surface area contributed by atoms with Gasteiger partial charge in [0.15, 0.2) is 5.96 Å². The van der Waals surface area contributed by atoms with Gasteiger partial charge in [0.1, 0.15) is 12.3 Å². The number of likely N-dealkylation sites (tertiary alicyclic amines) is 1. The molecule has 1 unspecified atom stereocenters. The minimum absolute atomic E-state index is 0. The molecule has 1 aromatic rings. The second kappa shape index (κ2) is 14.0. The van der Waals surface area contributed by atoms with Gasteiger partial charge in [0.25, 0.3) is 0 Å². The lowest BCUT2D eigenvalue weighted by Gasteiger charge is -2.34. The van der Waals surface area contributed by atoms with E-state index in [4.69, 9.17) is 9.47 Å². The molecular weight excluding hydrogens is 533 g/mol. The lowest BCUT2D eigenvalue weighted by molar-refractivity contribution is -0.127. The van der Waals surface area contributed by atoms with Gasteiger partial charge in [0.2, 0.25) is 5.91 Å². The Balaban J connectivity index is 0.00000385. The van der Waals surface area contributed by atoms with E-state index in [1.54, 1.807) is 19.0 Å². The number of carbonyl (C=O) groups is 1. The Morgan fingerprint density at radius 1 is 1.21 bits per heavy atom. The molecule has 0 aromatic heterocycles. The summed E-state index contributed by atoms with van der Waals surface area (Å²) in [7, 11) is 3.51. The molecular formula is C24H40IN5O3. The Bertz CT molecular complexity index is 766. The molecule has 1 amide bonds. The SMILES string of the molecule is CC(C)OCCN1CCC(NC(=NCC(=O)N(C)C)NC2CCOc3ccccc32)CC1.I. The number of benzene rings is 1. The Morgan fingerprint density at radius 3 is 2.64 bits per heavy atom.